The van der Waals surface area contributed by atoms with E-state index >= 15 is 0 Å². The molecule has 2 rings (SSSR count). The van der Waals surface area contributed by atoms with Gasteiger partial charge in [-0.3, -0.25) is 14.8 Å². The second-order valence-corrected chi connectivity index (χ2v) is 4.38. The lowest BCUT2D eigenvalue weighted by atomic mass is 10.1. The number of anilines is 1. The van der Waals surface area contributed by atoms with Crippen molar-refractivity contribution in [2.45, 2.75) is 13.3 Å². The van der Waals surface area contributed by atoms with Crippen molar-refractivity contribution in [1.29, 1.82) is 0 Å². The average Bonchev–Trinajstić information content (AvgIpc) is 2.77. The van der Waals surface area contributed by atoms with Crippen molar-refractivity contribution in [3.8, 4) is 0 Å². The van der Waals surface area contributed by atoms with Gasteiger partial charge in [-0.15, -0.1) is 0 Å². The summed E-state index contributed by atoms with van der Waals surface area (Å²) in [5.74, 6) is 0. The molecule has 0 aliphatic heterocycles. The lowest BCUT2D eigenvalue weighted by Crippen LogP contribution is -2.09. The molecule has 0 radical (unpaired) electrons. The van der Waals surface area contributed by atoms with Crippen molar-refractivity contribution < 1.29 is 4.92 Å². The number of benzene rings is 1. The third-order valence-corrected chi connectivity index (χ3v) is 3.04. The average molecular weight is 260 g/mol. The van der Waals surface area contributed by atoms with Crippen molar-refractivity contribution in [3.63, 3.8) is 0 Å². The maximum atomic E-state index is 10.6. The molecule has 0 atom stereocenters. The van der Waals surface area contributed by atoms with Gasteiger partial charge in [0, 0.05) is 49.7 Å². The van der Waals surface area contributed by atoms with Crippen molar-refractivity contribution in [3.05, 3.63) is 51.8 Å². The third-order valence-electron chi connectivity index (χ3n) is 3.04. The van der Waals surface area contributed by atoms with Crippen LogP contribution in [0.25, 0.3) is 0 Å². The Morgan fingerprint density at radius 1 is 1.42 bits per heavy atom. The van der Waals surface area contributed by atoms with E-state index in [9.17, 15) is 10.1 Å². The van der Waals surface area contributed by atoms with Crippen LogP contribution in [-0.4, -0.2) is 21.2 Å². The number of nitro groups is 1. The van der Waals surface area contributed by atoms with E-state index in [1.54, 1.807) is 18.3 Å². The number of hydrogen-bond acceptors (Lipinski definition) is 4. The number of aryl methyl sites for hydroxylation is 2. The van der Waals surface area contributed by atoms with Crippen LogP contribution in [0.3, 0.4) is 0 Å². The molecular weight excluding hydrogens is 244 g/mol. The van der Waals surface area contributed by atoms with Crippen molar-refractivity contribution in [2.24, 2.45) is 7.05 Å². The molecule has 0 amide bonds. The first kappa shape index (κ1) is 13.1. The van der Waals surface area contributed by atoms with Crippen LogP contribution < -0.4 is 5.32 Å². The van der Waals surface area contributed by atoms with E-state index in [1.807, 2.05) is 24.7 Å². The van der Waals surface area contributed by atoms with Crippen LogP contribution in [0.4, 0.5) is 11.4 Å². The quantitative estimate of drug-likeness (QED) is 0.661. The third kappa shape index (κ3) is 3.09. The largest absolute Gasteiger partial charge is 0.384 e. The van der Waals surface area contributed by atoms with Gasteiger partial charge in [-0.1, -0.05) is 0 Å². The Hall–Kier alpha value is -2.37. The Balaban J connectivity index is 1.96. The van der Waals surface area contributed by atoms with Gasteiger partial charge < -0.3 is 5.32 Å². The minimum absolute atomic E-state index is 0.120. The highest BCUT2D eigenvalue weighted by Gasteiger charge is 2.07. The Morgan fingerprint density at radius 2 is 2.21 bits per heavy atom. The summed E-state index contributed by atoms with van der Waals surface area (Å²) in [6.07, 6.45) is 2.62. The Morgan fingerprint density at radius 3 is 2.79 bits per heavy atom. The topological polar surface area (TPSA) is 73.0 Å². The maximum Gasteiger partial charge on any atom is 0.269 e. The summed E-state index contributed by atoms with van der Waals surface area (Å²) in [5.41, 5.74) is 3.06. The smallest absolute Gasteiger partial charge is 0.269 e. The van der Waals surface area contributed by atoms with Crippen molar-refractivity contribution in [2.75, 3.05) is 11.9 Å². The minimum atomic E-state index is -0.383. The minimum Gasteiger partial charge on any atom is -0.384 e. The predicted octanol–water partition coefficient (Wildman–Crippen LogP) is 2.29. The molecule has 6 heteroatoms. The summed E-state index contributed by atoms with van der Waals surface area (Å²) in [7, 11) is 1.91. The highest BCUT2D eigenvalue weighted by molar-refractivity contribution is 5.55. The number of nitrogens with zero attached hydrogens (tertiary/aromatic N) is 3. The van der Waals surface area contributed by atoms with E-state index in [0.717, 1.165) is 29.9 Å². The zero-order valence-corrected chi connectivity index (χ0v) is 11.0. The molecule has 19 heavy (non-hydrogen) atoms. The molecule has 0 unspecified atom stereocenters. The fourth-order valence-electron chi connectivity index (χ4n) is 1.93. The standard InChI is InChI=1S/C13H16N4O2/c1-10-9-12(17(18)19)3-4-13(10)14-7-5-11-6-8-15-16(11)2/h3-4,6,8-9,14H,5,7H2,1-2H3. The second kappa shape index (κ2) is 5.51. The lowest BCUT2D eigenvalue weighted by Gasteiger charge is -2.09. The molecule has 1 aromatic heterocycles. The second-order valence-electron chi connectivity index (χ2n) is 4.38. The molecule has 6 nitrogen and oxygen atoms in total. The summed E-state index contributed by atoms with van der Waals surface area (Å²) < 4.78 is 1.84. The van der Waals surface area contributed by atoms with Crippen LogP contribution in [0.2, 0.25) is 0 Å². The number of hydrogen-bond donors (Lipinski definition) is 1. The summed E-state index contributed by atoms with van der Waals surface area (Å²) in [6.45, 7) is 2.62. The Bertz CT molecular complexity index is 592. The maximum absolute atomic E-state index is 10.6. The van der Waals surface area contributed by atoms with Gasteiger partial charge in [-0.05, 0) is 24.6 Å². The highest BCUT2D eigenvalue weighted by atomic mass is 16.6. The van der Waals surface area contributed by atoms with Gasteiger partial charge in [-0.25, -0.2) is 0 Å². The van der Waals surface area contributed by atoms with Gasteiger partial charge in [0.1, 0.15) is 0 Å². The van der Waals surface area contributed by atoms with E-state index in [4.69, 9.17) is 0 Å². The van der Waals surface area contributed by atoms with Gasteiger partial charge in [0.25, 0.3) is 5.69 Å². The van der Waals surface area contributed by atoms with E-state index < -0.39 is 0 Å². The van der Waals surface area contributed by atoms with Crippen LogP contribution in [-0.2, 0) is 13.5 Å². The first-order valence-corrected chi connectivity index (χ1v) is 6.03. The van der Waals surface area contributed by atoms with Crippen molar-refractivity contribution >= 4 is 11.4 Å². The van der Waals surface area contributed by atoms with Crippen LogP contribution >= 0.6 is 0 Å². The normalized spacial score (nSPS) is 10.4. The molecule has 0 aliphatic rings. The van der Waals surface area contributed by atoms with E-state index in [1.165, 1.54) is 6.07 Å². The van der Waals surface area contributed by atoms with Gasteiger partial charge in [0.05, 0.1) is 4.92 Å². The monoisotopic (exact) mass is 260 g/mol. The van der Waals surface area contributed by atoms with Gasteiger partial charge in [0.2, 0.25) is 0 Å². The van der Waals surface area contributed by atoms with Crippen LogP contribution in [0.5, 0.6) is 0 Å². The van der Waals surface area contributed by atoms with Crippen LogP contribution in [0, 0.1) is 17.0 Å². The molecule has 1 aromatic carbocycles. The zero-order valence-electron chi connectivity index (χ0n) is 11.0. The number of nitrogens with one attached hydrogen (secondary N) is 1. The summed E-state index contributed by atoms with van der Waals surface area (Å²) in [4.78, 5) is 10.3. The molecule has 100 valence electrons. The molecule has 1 heterocycles. The van der Waals surface area contributed by atoms with E-state index in [0.29, 0.717) is 0 Å². The van der Waals surface area contributed by atoms with Crippen molar-refractivity contribution in [1.82, 2.24) is 9.78 Å². The first-order chi connectivity index (χ1) is 9.08. The summed E-state index contributed by atoms with van der Waals surface area (Å²) >= 11 is 0. The van der Waals surface area contributed by atoms with Crippen LogP contribution in [0.15, 0.2) is 30.5 Å². The SMILES string of the molecule is Cc1cc([N+](=O)[O-])ccc1NCCc1ccnn1C. The fourth-order valence-corrected chi connectivity index (χ4v) is 1.93. The first-order valence-electron chi connectivity index (χ1n) is 6.03. The molecule has 0 fully saturated rings. The number of aromatic nitrogens is 2. The summed E-state index contributed by atoms with van der Waals surface area (Å²) in [5, 5.41) is 18.0. The Kier molecular flexibility index (Phi) is 3.79. The fraction of sp³-hybridized carbons (Fsp3) is 0.308. The molecule has 1 N–H and O–H groups in total. The molecule has 0 saturated heterocycles. The molecule has 2 aromatic rings. The molecule has 0 bridgehead atoms. The van der Waals surface area contributed by atoms with Crippen LogP contribution in [0.1, 0.15) is 11.3 Å². The summed E-state index contributed by atoms with van der Waals surface area (Å²) in [6, 6.07) is 6.81. The number of nitro benzene ring substituents is 1. The lowest BCUT2D eigenvalue weighted by molar-refractivity contribution is -0.384. The molecular formula is C13H16N4O2. The van der Waals surface area contributed by atoms with E-state index in [2.05, 4.69) is 10.4 Å². The molecule has 0 spiro atoms. The number of non-ortho nitro benzene ring substituents is 1. The Labute approximate surface area is 111 Å². The highest BCUT2D eigenvalue weighted by Crippen LogP contribution is 2.21. The zero-order chi connectivity index (χ0) is 13.8. The van der Waals surface area contributed by atoms with Gasteiger partial charge >= 0.3 is 0 Å². The van der Waals surface area contributed by atoms with Gasteiger partial charge in [0.15, 0.2) is 0 Å². The molecule has 0 aliphatic carbocycles. The van der Waals surface area contributed by atoms with Gasteiger partial charge in [-0.2, -0.15) is 5.10 Å². The number of rotatable bonds is 5. The molecule has 0 saturated carbocycles. The van der Waals surface area contributed by atoms with E-state index in [-0.39, 0.29) is 10.6 Å². The predicted molar refractivity (Wildman–Crippen MR) is 73.2 cm³/mol.